The molecule has 1 aliphatic rings. The summed E-state index contributed by atoms with van der Waals surface area (Å²) in [5.41, 5.74) is 1.08. The van der Waals surface area contributed by atoms with Gasteiger partial charge in [-0.05, 0) is 36.9 Å². The van der Waals surface area contributed by atoms with Gasteiger partial charge in [-0.25, -0.2) is 9.29 Å². The van der Waals surface area contributed by atoms with Gasteiger partial charge in [0.1, 0.15) is 0 Å². The van der Waals surface area contributed by atoms with Crippen LogP contribution in [0, 0.1) is 11.3 Å². The first kappa shape index (κ1) is 14.8. The van der Waals surface area contributed by atoms with E-state index in [4.69, 9.17) is 10.2 Å². The highest BCUT2D eigenvalue weighted by molar-refractivity contribution is 7.98. The van der Waals surface area contributed by atoms with Crippen molar-refractivity contribution in [3.05, 3.63) is 24.3 Å². The molecule has 0 amide bonds. The summed E-state index contributed by atoms with van der Waals surface area (Å²) in [4.78, 5) is 4.71. The van der Waals surface area contributed by atoms with E-state index < -0.39 is 0 Å². The van der Waals surface area contributed by atoms with E-state index >= 15 is 0 Å². The molecule has 5 heteroatoms. The molecule has 0 aliphatic heterocycles. The number of para-hydroxylation sites is 1. The molecule has 2 aromatic rings. The Balaban J connectivity index is 1.74. The van der Waals surface area contributed by atoms with Crippen molar-refractivity contribution in [2.75, 3.05) is 6.54 Å². The molecule has 1 aromatic heterocycles. The lowest BCUT2D eigenvalue weighted by Gasteiger charge is -2.31. The molecule has 21 heavy (non-hydrogen) atoms. The molecular weight excluding hydrogens is 298 g/mol. The second-order valence-electron chi connectivity index (χ2n) is 5.38. The van der Waals surface area contributed by atoms with E-state index in [1.54, 1.807) is 23.3 Å². The number of nitriles is 1. The number of nitrogens with zero attached hydrogens (tertiary/aromatic N) is 3. The number of fused-ring (bicyclic) bond motifs is 1. The van der Waals surface area contributed by atoms with Crippen LogP contribution in [0.5, 0.6) is 0 Å². The third-order valence-electron chi connectivity index (χ3n) is 3.90. The van der Waals surface area contributed by atoms with Gasteiger partial charge in [0.05, 0.1) is 16.3 Å². The van der Waals surface area contributed by atoms with Crippen LogP contribution in [0.3, 0.4) is 0 Å². The zero-order valence-corrected chi connectivity index (χ0v) is 13.6. The number of rotatable bonds is 5. The summed E-state index contributed by atoms with van der Waals surface area (Å²) in [5, 5.41) is 8.90. The van der Waals surface area contributed by atoms with Crippen molar-refractivity contribution in [3.63, 3.8) is 0 Å². The van der Waals surface area contributed by atoms with Crippen LogP contribution in [0.15, 0.2) is 28.6 Å². The molecule has 1 saturated carbocycles. The number of benzene rings is 1. The number of hydrogen-bond acceptors (Lipinski definition) is 5. The van der Waals surface area contributed by atoms with Crippen molar-refractivity contribution >= 4 is 33.5 Å². The van der Waals surface area contributed by atoms with Crippen LogP contribution >= 0.6 is 23.3 Å². The summed E-state index contributed by atoms with van der Waals surface area (Å²) in [7, 11) is 0. The van der Waals surface area contributed by atoms with Crippen molar-refractivity contribution in [1.82, 2.24) is 9.29 Å². The molecule has 0 atom stereocenters. The minimum absolute atomic E-state index is 0.592. The molecule has 3 rings (SSSR count). The Morgan fingerprint density at radius 2 is 2.10 bits per heavy atom. The monoisotopic (exact) mass is 317 g/mol. The predicted molar refractivity (Wildman–Crippen MR) is 89.3 cm³/mol. The highest BCUT2D eigenvalue weighted by atomic mass is 32.2. The molecule has 0 saturated heterocycles. The fourth-order valence-electron chi connectivity index (χ4n) is 2.82. The van der Waals surface area contributed by atoms with Crippen molar-refractivity contribution < 1.29 is 0 Å². The smallest absolute Gasteiger partial charge is 0.166 e. The first-order valence-electron chi connectivity index (χ1n) is 7.54. The molecule has 0 spiro atoms. The zero-order valence-electron chi connectivity index (χ0n) is 12.0. The Morgan fingerprint density at radius 3 is 2.86 bits per heavy atom. The average Bonchev–Trinajstić information content (AvgIpc) is 2.94. The van der Waals surface area contributed by atoms with E-state index in [9.17, 15) is 0 Å². The second-order valence-corrected chi connectivity index (χ2v) is 7.71. The Bertz CT molecular complexity index is 593. The Morgan fingerprint density at radius 1 is 1.29 bits per heavy atom. The standard InChI is InChI=1S/C16H19N3S2/c17-11-6-12-19(13-7-2-1-3-8-13)21-16-18-14-9-4-5-10-15(14)20-16/h4-5,9-10,13H,1-3,6-8,12H2. The van der Waals surface area contributed by atoms with Crippen LogP contribution in [-0.4, -0.2) is 21.9 Å². The topological polar surface area (TPSA) is 39.9 Å². The number of aromatic nitrogens is 1. The fourth-order valence-corrected chi connectivity index (χ4v) is 5.11. The lowest BCUT2D eigenvalue weighted by Crippen LogP contribution is -2.32. The number of thiazole rings is 1. The van der Waals surface area contributed by atoms with Gasteiger partial charge in [0, 0.05) is 19.0 Å². The summed E-state index contributed by atoms with van der Waals surface area (Å²) < 4.78 is 4.74. The highest BCUT2D eigenvalue weighted by Crippen LogP contribution is 2.35. The lowest BCUT2D eigenvalue weighted by molar-refractivity contribution is 0.276. The average molecular weight is 317 g/mol. The van der Waals surface area contributed by atoms with Gasteiger partial charge in [0.2, 0.25) is 0 Å². The largest absolute Gasteiger partial charge is 0.240 e. The van der Waals surface area contributed by atoms with Crippen LogP contribution < -0.4 is 0 Å². The van der Waals surface area contributed by atoms with Gasteiger partial charge in [-0.2, -0.15) is 5.26 Å². The molecule has 0 radical (unpaired) electrons. The molecule has 1 fully saturated rings. The fraction of sp³-hybridized carbons (Fsp3) is 0.500. The minimum atomic E-state index is 0.592. The van der Waals surface area contributed by atoms with Crippen molar-refractivity contribution in [2.45, 2.75) is 48.9 Å². The van der Waals surface area contributed by atoms with Crippen LogP contribution in [-0.2, 0) is 0 Å². The maximum Gasteiger partial charge on any atom is 0.166 e. The van der Waals surface area contributed by atoms with Gasteiger partial charge >= 0.3 is 0 Å². The molecule has 110 valence electrons. The maximum atomic E-state index is 8.90. The Labute approximate surface area is 134 Å². The van der Waals surface area contributed by atoms with E-state index in [1.807, 2.05) is 6.07 Å². The van der Waals surface area contributed by atoms with Crippen LogP contribution in [0.2, 0.25) is 0 Å². The predicted octanol–water partition coefficient (Wildman–Crippen LogP) is 4.85. The summed E-state index contributed by atoms with van der Waals surface area (Å²) in [5.74, 6) is 0. The molecule has 0 unspecified atom stereocenters. The van der Waals surface area contributed by atoms with Crippen molar-refractivity contribution in [3.8, 4) is 6.07 Å². The zero-order chi connectivity index (χ0) is 14.5. The van der Waals surface area contributed by atoms with Crippen LogP contribution in [0.1, 0.15) is 38.5 Å². The van der Waals surface area contributed by atoms with Crippen molar-refractivity contribution in [2.24, 2.45) is 0 Å². The quantitative estimate of drug-likeness (QED) is 0.739. The second kappa shape index (κ2) is 7.26. The summed E-state index contributed by atoms with van der Waals surface area (Å²) in [6, 6.07) is 11.2. The summed E-state index contributed by atoms with van der Waals surface area (Å²) in [6.07, 6.45) is 7.08. The van der Waals surface area contributed by atoms with Gasteiger partial charge in [-0.3, -0.25) is 0 Å². The summed E-state index contributed by atoms with van der Waals surface area (Å²) >= 11 is 3.50. The first-order valence-corrected chi connectivity index (χ1v) is 9.13. The third-order valence-corrected chi connectivity index (χ3v) is 6.16. The lowest BCUT2D eigenvalue weighted by atomic mass is 9.95. The third kappa shape index (κ3) is 3.76. The van der Waals surface area contributed by atoms with E-state index in [2.05, 4.69) is 28.6 Å². The van der Waals surface area contributed by atoms with Gasteiger partial charge in [-0.1, -0.05) is 31.4 Å². The van der Waals surface area contributed by atoms with Gasteiger partial charge < -0.3 is 0 Å². The minimum Gasteiger partial charge on any atom is -0.240 e. The van der Waals surface area contributed by atoms with Gasteiger partial charge in [0.25, 0.3) is 0 Å². The van der Waals surface area contributed by atoms with Gasteiger partial charge in [0.15, 0.2) is 4.34 Å². The van der Waals surface area contributed by atoms with Crippen molar-refractivity contribution in [1.29, 1.82) is 5.26 Å². The molecule has 1 aliphatic carbocycles. The SMILES string of the molecule is N#CCCN(Sc1nc2ccccc2s1)C1CCCCC1. The van der Waals surface area contributed by atoms with Crippen LogP contribution in [0.4, 0.5) is 0 Å². The molecule has 1 aromatic carbocycles. The normalized spacial score (nSPS) is 16.4. The van der Waals surface area contributed by atoms with E-state index in [0.29, 0.717) is 12.5 Å². The van der Waals surface area contributed by atoms with Crippen LogP contribution in [0.25, 0.3) is 10.2 Å². The van der Waals surface area contributed by atoms with E-state index in [1.165, 1.54) is 36.8 Å². The maximum absolute atomic E-state index is 8.90. The van der Waals surface area contributed by atoms with E-state index in [0.717, 1.165) is 16.4 Å². The highest BCUT2D eigenvalue weighted by Gasteiger charge is 2.23. The van der Waals surface area contributed by atoms with Gasteiger partial charge in [-0.15, -0.1) is 11.3 Å². The van der Waals surface area contributed by atoms with E-state index in [-0.39, 0.29) is 0 Å². The molecule has 0 N–H and O–H groups in total. The Kier molecular flexibility index (Phi) is 5.13. The number of hydrogen-bond donors (Lipinski definition) is 0. The summed E-state index contributed by atoms with van der Waals surface area (Å²) in [6.45, 7) is 0.835. The Hall–Kier alpha value is -1.09. The molecular formula is C16H19N3S2. The molecule has 3 nitrogen and oxygen atoms in total. The molecule has 0 bridgehead atoms. The first-order chi connectivity index (χ1) is 10.4. The molecule has 1 heterocycles.